The Morgan fingerprint density at radius 2 is 1.10 bits per heavy atom. The van der Waals surface area contributed by atoms with E-state index in [1.165, 1.54) is 4.57 Å². The lowest BCUT2D eigenvalue weighted by atomic mass is 9.99. The molecule has 5 aromatic rings. The van der Waals surface area contributed by atoms with Gasteiger partial charge in [-0.15, -0.1) is 0 Å². The Morgan fingerprint density at radius 1 is 0.662 bits per heavy atom. The van der Waals surface area contributed by atoms with Crippen LogP contribution in [0.4, 0.5) is 5.69 Å². The lowest BCUT2D eigenvalue weighted by molar-refractivity contribution is -0.139. The summed E-state index contributed by atoms with van der Waals surface area (Å²) in [6.45, 7) is 15.6. The zero-order valence-corrected chi connectivity index (χ0v) is 39.5. The summed E-state index contributed by atoms with van der Waals surface area (Å²) in [4.78, 5) is 72.6. The molecule has 14 nitrogen and oxygen atoms in total. The van der Waals surface area contributed by atoms with Crippen molar-refractivity contribution in [3.05, 3.63) is 147 Å². The molecule has 2 amide bonds. The summed E-state index contributed by atoms with van der Waals surface area (Å²) in [7, 11) is 1.71. The highest BCUT2D eigenvalue weighted by atomic mass is 16.5. The van der Waals surface area contributed by atoms with Gasteiger partial charge in [-0.1, -0.05) is 56.8 Å². The van der Waals surface area contributed by atoms with Gasteiger partial charge in [0.1, 0.15) is 5.82 Å². The Kier molecular flexibility index (Phi) is 15.8. The van der Waals surface area contributed by atoms with Gasteiger partial charge in [-0.3, -0.25) is 14.6 Å². The highest BCUT2D eigenvalue weighted by molar-refractivity contribution is 6.00. The largest absolute Gasteiger partial charge is 0.463 e. The first-order chi connectivity index (χ1) is 33.1. The minimum absolute atomic E-state index is 0.0647. The van der Waals surface area contributed by atoms with Crippen molar-refractivity contribution in [2.24, 2.45) is 4.99 Å². The molecular formula is C54H59N7O7. The molecule has 0 radical (unpaired) electrons. The van der Waals surface area contributed by atoms with E-state index in [2.05, 4.69) is 21.8 Å². The number of hydrogen-bond acceptors (Lipinski definition) is 9. The molecule has 4 aliphatic heterocycles. The number of carbonyl (C=O) groups excluding carboxylic acids is 4. The van der Waals surface area contributed by atoms with Crippen LogP contribution < -0.4 is 10.6 Å². The molecule has 9 rings (SSSR count). The number of benzene rings is 4. The van der Waals surface area contributed by atoms with Crippen molar-refractivity contribution in [3.8, 4) is 27.9 Å². The second-order valence-electron chi connectivity index (χ2n) is 16.4. The van der Waals surface area contributed by atoms with E-state index in [9.17, 15) is 24.0 Å². The van der Waals surface area contributed by atoms with Gasteiger partial charge >= 0.3 is 17.6 Å². The third-order valence-corrected chi connectivity index (χ3v) is 12.1. The molecule has 1 N–H and O–H groups in total. The van der Waals surface area contributed by atoms with Gasteiger partial charge in [0.25, 0.3) is 11.8 Å². The maximum absolute atomic E-state index is 12.7. The quantitative estimate of drug-likeness (QED) is 0.0866. The van der Waals surface area contributed by atoms with E-state index in [1.54, 1.807) is 33.3 Å². The Balaban J connectivity index is 0.000000194. The zero-order valence-electron chi connectivity index (χ0n) is 39.5. The lowest BCUT2D eigenvalue weighted by Gasteiger charge is -2.22. The molecule has 4 aromatic carbocycles. The number of H-pyrrole nitrogens is 1. The normalized spacial score (nSPS) is 15.0. The number of aromatic amines is 1. The first-order valence-corrected chi connectivity index (χ1v) is 23.5. The number of anilines is 1. The van der Waals surface area contributed by atoms with Crippen molar-refractivity contribution in [2.45, 2.75) is 66.2 Å². The number of esters is 2. The van der Waals surface area contributed by atoms with Crippen LogP contribution in [0.2, 0.25) is 0 Å². The minimum Gasteiger partial charge on any atom is -0.463 e. The number of rotatable bonds is 9. The van der Waals surface area contributed by atoms with E-state index in [0.717, 1.165) is 96.6 Å². The van der Waals surface area contributed by atoms with E-state index in [0.29, 0.717) is 46.8 Å². The van der Waals surface area contributed by atoms with E-state index >= 15 is 0 Å². The van der Waals surface area contributed by atoms with Crippen molar-refractivity contribution in [1.29, 1.82) is 0 Å². The van der Waals surface area contributed by atoms with E-state index in [-0.39, 0.29) is 36.5 Å². The molecule has 5 heterocycles. The zero-order chi connectivity index (χ0) is 48.3. The molecule has 0 bridgehead atoms. The summed E-state index contributed by atoms with van der Waals surface area (Å²) in [6, 6.07) is 27.0. The van der Waals surface area contributed by atoms with Gasteiger partial charge in [-0.25, -0.2) is 24.0 Å². The average Bonchev–Trinajstić information content (AvgIpc) is 4.15. The number of allylic oxidation sites excluding steroid dienone is 1. The van der Waals surface area contributed by atoms with Gasteiger partial charge in [0.15, 0.2) is 0 Å². The van der Waals surface area contributed by atoms with Gasteiger partial charge < -0.3 is 24.2 Å². The summed E-state index contributed by atoms with van der Waals surface area (Å²) >= 11 is 0. The number of nitrogens with one attached hydrogen (secondary N) is 1. The highest BCUT2D eigenvalue weighted by Crippen LogP contribution is 2.36. The summed E-state index contributed by atoms with van der Waals surface area (Å²) in [5, 5.41) is 6.56. The molecule has 68 heavy (non-hydrogen) atoms. The molecule has 14 heteroatoms. The smallest absolute Gasteiger partial charge is 0.347 e. The van der Waals surface area contributed by atoms with Crippen LogP contribution in [0.3, 0.4) is 0 Å². The number of nitrogens with zero attached hydrogens (tertiary/aromatic N) is 6. The maximum Gasteiger partial charge on any atom is 0.347 e. The SMILES string of the molecule is C=C1CC(C(=O)OCC)=Cc2cc(-c3ccc(C(=O)N4CCCC4)cc3)ccc2N1C=NC.CC.CCOC(=O)C1=Cc2cc(-c3ccc(C(=O)N4CCCC4)cc3)ccc2-n2c(n[nH]c2=O)C1. The third kappa shape index (κ3) is 10.6. The van der Waals surface area contributed by atoms with Crippen LogP contribution in [0.1, 0.15) is 97.5 Å². The van der Waals surface area contributed by atoms with Crippen LogP contribution in [-0.2, 0) is 25.5 Å². The van der Waals surface area contributed by atoms with Gasteiger partial charge in [0.05, 0.1) is 30.9 Å². The molecule has 2 fully saturated rings. The number of likely N-dealkylation sites (tertiary alicyclic amines) is 2. The van der Waals surface area contributed by atoms with Crippen molar-refractivity contribution in [3.63, 3.8) is 0 Å². The first-order valence-electron chi connectivity index (χ1n) is 23.5. The van der Waals surface area contributed by atoms with Crippen LogP contribution >= 0.6 is 0 Å². The Hall–Kier alpha value is -7.61. The summed E-state index contributed by atoms with van der Waals surface area (Å²) < 4.78 is 11.9. The fourth-order valence-corrected chi connectivity index (χ4v) is 8.73. The predicted octanol–water partition coefficient (Wildman–Crippen LogP) is 8.91. The van der Waals surface area contributed by atoms with E-state index in [1.807, 2.05) is 120 Å². The highest BCUT2D eigenvalue weighted by Gasteiger charge is 2.26. The second kappa shape index (κ2) is 22.3. The number of aliphatic imine (C=N–C) groups is 1. The van der Waals surface area contributed by atoms with Crippen LogP contribution in [0, 0.1) is 0 Å². The van der Waals surface area contributed by atoms with Crippen LogP contribution in [0.25, 0.3) is 40.1 Å². The van der Waals surface area contributed by atoms with Crippen molar-refractivity contribution < 1.29 is 28.7 Å². The number of amides is 2. The second-order valence-corrected chi connectivity index (χ2v) is 16.4. The van der Waals surface area contributed by atoms with Gasteiger partial charge in [-0.05, 0) is 134 Å². The number of carbonyl (C=O) groups is 4. The monoisotopic (exact) mass is 917 g/mol. The number of ether oxygens (including phenoxy) is 2. The molecule has 352 valence electrons. The molecular weight excluding hydrogens is 859 g/mol. The Morgan fingerprint density at radius 3 is 1.57 bits per heavy atom. The number of hydrogen-bond donors (Lipinski definition) is 1. The van der Waals surface area contributed by atoms with Gasteiger partial charge in [0.2, 0.25) is 0 Å². The van der Waals surface area contributed by atoms with Crippen LogP contribution in [0.15, 0.2) is 118 Å². The average molecular weight is 918 g/mol. The molecule has 0 aliphatic carbocycles. The summed E-state index contributed by atoms with van der Waals surface area (Å²) in [6.07, 6.45) is 10.2. The Bertz CT molecular complexity index is 2820. The standard InChI is InChI=1S/C27H29N3O3.C25H24N4O4.C2H6/c1-4-33-27(32)24-15-19(2)30(18-28-3)25-12-11-22(16-23(25)17-24)20-7-9-21(10-8-20)26(31)29-13-5-6-14-29;1-2-33-24(31)20-14-19-13-18(9-10-21(19)29-22(15-20)26-27-25(29)32)16-5-7-17(8-6-16)23(30)28-11-3-4-12-28;1-2/h7-12,16-18H,2,4-6,13-15H2,1,3H3;5-10,13-14H,2-4,11-12,15H2,1H3,(H,27,32);1-2H3. The van der Waals surface area contributed by atoms with Crippen molar-refractivity contribution >= 4 is 47.9 Å². The molecule has 4 aliphatic rings. The van der Waals surface area contributed by atoms with Crippen LogP contribution in [-0.4, -0.2) is 101 Å². The summed E-state index contributed by atoms with van der Waals surface area (Å²) in [5.74, 6) is -0.154. The molecule has 0 atom stereocenters. The van der Waals surface area contributed by atoms with E-state index in [4.69, 9.17) is 9.47 Å². The van der Waals surface area contributed by atoms with Gasteiger partial charge in [0, 0.05) is 74.0 Å². The van der Waals surface area contributed by atoms with E-state index < -0.39 is 5.97 Å². The molecule has 2 saturated heterocycles. The first kappa shape index (κ1) is 48.3. The van der Waals surface area contributed by atoms with Crippen LogP contribution in [0.5, 0.6) is 0 Å². The Labute approximate surface area is 397 Å². The lowest BCUT2D eigenvalue weighted by Crippen LogP contribution is -2.27. The minimum atomic E-state index is -0.428. The van der Waals surface area contributed by atoms with Gasteiger partial charge in [-0.2, -0.15) is 5.10 Å². The molecule has 1 aromatic heterocycles. The molecule has 0 saturated carbocycles. The fourth-order valence-electron chi connectivity index (χ4n) is 8.73. The molecule has 0 spiro atoms. The fraction of sp³-hybridized carbons (Fsp3) is 0.315. The third-order valence-electron chi connectivity index (χ3n) is 12.1. The predicted molar refractivity (Wildman–Crippen MR) is 267 cm³/mol. The topological polar surface area (TPSA) is 160 Å². The van der Waals surface area contributed by atoms with Crippen molar-refractivity contribution in [2.75, 3.05) is 51.3 Å². The number of aromatic nitrogens is 3. The molecule has 0 unspecified atom stereocenters. The maximum atomic E-state index is 12.7. The summed E-state index contributed by atoms with van der Waals surface area (Å²) in [5.41, 5.74) is 9.74. The van der Waals surface area contributed by atoms with Crippen molar-refractivity contribution in [1.82, 2.24) is 24.6 Å². The number of fused-ring (bicyclic) bond motifs is 4.